The Bertz CT molecular complexity index is 1240. The summed E-state index contributed by atoms with van der Waals surface area (Å²) in [6, 6.07) is 15.5. The van der Waals surface area contributed by atoms with Crippen LogP contribution in [-0.4, -0.2) is 38.2 Å². The summed E-state index contributed by atoms with van der Waals surface area (Å²) in [5.41, 5.74) is 2.62. The number of nitrogens with zero attached hydrogens (tertiary/aromatic N) is 4. The monoisotopic (exact) mass is 451 g/mol. The van der Waals surface area contributed by atoms with Gasteiger partial charge in [-0.25, -0.2) is 4.98 Å². The number of aryl methyl sites for hydroxylation is 1. The number of thioether (sulfide) groups is 1. The molecule has 8 nitrogen and oxygen atoms in total. The maximum Gasteiger partial charge on any atom is 0.236 e. The number of para-hydroxylation sites is 1. The van der Waals surface area contributed by atoms with Crippen molar-refractivity contribution in [2.45, 2.75) is 12.1 Å². The minimum atomic E-state index is -0.147. The number of carbonyl (C=O) groups excluding carboxylic acids is 1. The molecular formula is C21H17N5O3S2. The first-order chi connectivity index (χ1) is 15.2. The lowest BCUT2D eigenvalue weighted by atomic mass is 10.2. The molecule has 3 heterocycles. The summed E-state index contributed by atoms with van der Waals surface area (Å²) in [6.07, 6.45) is 0. The summed E-state index contributed by atoms with van der Waals surface area (Å²) < 4.78 is 12.8. The van der Waals surface area contributed by atoms with Crippen LogP contribution >= 0.6 is 23.1 Å². The van der Waals surface area contributed by atoms with E-state index in [4.69, 9.17) is 9.47 Å². The number of aromatic nitrogens is 4. The summed E-state index contributed by atoms with van der Waals surface area (Å²) in [5.74, 6) is 2.07. The van der Waals surface area contributed by atoms with E-state index in [1.807, 2.05) is 65.4 Å². The smallest absolute Gasteiger partial charge is 0.236 e. The van der Waals surface area contributed by atoms with Gasteiger partial charge in [-0.15, -0.1) is 21.5 Å². The standard InChI is InChI=1S/C21H17N5O3S2/c1-13-10-30-20(22-13)23-18(27)11-31-21-25-24-19(26(21)15-5-3-2-4-6-15)14-7-8-16-17(9-14)29-12-28-16/h2-10H,11-12H2,1H3,(H,22,23,27). The van der Waals surface area contributed by atoms with Gasteiger partial charge in [-0.2, -0.15) is 0 Å². The zero-order chi connectivity index (χ0) is 21.2. The number of benzene rings is 2. The Morgan fingerprint density at radius 1 is 1.16 bits per heavy atom. The number of ether oxygens (including phenoxy) is 2. The van der Waals surface area contributed by atoms with Crippen LogP contribution in [0.1, 0.15) is 5.69 Å². The average molecular weight is 452 g/mol. The molecule has 5 rings (SSSR count). The second-order valence-electron chi connectivity index (χ2n) is 6.68. The van der Waals surface area contributed by atoms with Crippen LogP contribution in [0.25, 0.3) is 17.1 Å². The number of nitrogens with one attached hydrogen (secondary N) is 1. The van der Waals surface area contributed by atoms with Crippen molar-refractivity contribution in [3.63, 3.8) is 0 Å². The van der Waals surface area contributed by atoms with Crippen molar-refractivity contribution in [2.24, 2.45) is 0 Å². The molecule has 156 valence electrons. The van der Waals surface area contributed by atoms with Crippen LogP contribution in [0.3, 0.4) is 0 Å². The summed E-state index contributed by atoms with van der Waals surface area (Å²) in [6.45, 7) is 2.10. The Morgan fingerprint density at radius 2 is 2.00 bits per heavy atom. The fraction of sp³-hybridized carbons (Fsp3) is 0.143. The molecule has 0 radical (unpaired) electrons. The highest BCUT2D eigenvalue weighted by atomic mass is 32.2. The van der Waals surface area contributed by atoms with Crippen LogP contribution in [0.2, 0.25) is 0 Å². The lowest BCUT2D eigenvalue weighted by Crippen LogP contribution is -2.14. The van der Waals surface area contributed by atoms with Gasteiger partial charge in [0.1, 0.15) is 0 Å². The van der Waals surface area contributed by atoms with Gasteiger partial charge in [0, 0.05) is 16.6 Å². The topological polar surface area (TPSA) is 91.2 Å². The van der Waals surface area contributed by atoms with E-state index in [1.165, 1.54) is 23.1 Å². The fourth-order valence-corrected chi connectivity index (χ4v) is 4.55. The first kappa shape index (κ1) is 19.6. The van der Waals surface area contributed by atoms with Gasteiger partial charge in [0.05, 0.1) is 11.4 Å². The predicted molar refractivity (Wildman–Crippen MR) is 119 cm³/mol. The van der Waals surface area contributed by atoms with Crippen molar-refractivity contribution in [1.29, 1.82) is 0 Å². The van der Waals surface area contributed by atoms with Crippen LogP contribution in [0.5, 0.6) is 11.5 Å². The first-order valence-corrected chi connectivity index (χ1v) is 11.3. The van der Waals surface area contributed by atoms with Crippen molar-refractivity contribution in [1.82, 2.24) is 19.7 Å². The van der Waals surface area contributed by atoms with Crippen LogP contribution in [-0.2, 0) is 4.79 Å². The second-order valence-corrected chi connectivity index (χ2v) is 8.48. The fourth-order valence-electron chi connectivity index (χ4n) is 3.09. The van der Waals surface area contributed by atoms with E-state index in [-0.39, 0.29) is 18.5 Å². The maximum atomic E-state index is 12.4. The molecule has 1 N–H and O–H groups in total. The van der Waals surface area contributed by atoms with Crippen LogP contribution in [0, 0.1) is 6.92 Å². The van der Waals surface area contributed by atoms with E-state index in [0.717, 1.165) is 16.9 Å². The summed E-state index contributed by atoms with van der Waals surface area (Å²) >= 11 is 2.72. The normalized spacial score (nSPS) is 12.2. The quantitative estimate of drug-likeness (QED) is 0.440. The van der Waals surface area contributed by atoms with Gasteiger partial charge >= 0.3 is 0 Å². The Hall–Kier alpha value is -3.37. The van der Waals surface area contributed by atoms with Gasteiger partial charge in [0.25, 0.3) is 0 Å². The number of thiazole rings is 1. The Labute approximate surface area is 186 Å². The molecule has 2 aromatic heterocycles. The molecule has 1 aliphatic heterocycles. The number of hydrogen-bond acceptors (Lipinski definition) is 8. The molecule has 0 atom stereocenters. The molecule has 0 fully saturated rings. The molecule has 0 spiro atoms. The highest BCUT2D eigenvalue weighted by Crippen LogP contribution is 2.37. The van der Waals surface area contributed by atoms with Crippen LogP contribution in [0.4, 0.5) is 5.13 Å². The van der Waals surface area contributed by atoms with Gasteiger partial charge < -0.3 is 14.8 Å². The van der Waals surface area contributed by atoms with E-state index in [9.17, 15) is 4.79 Å². The Kier molecular flexibility index (Phi) is 5.31. The molecule has 1 amide bonds. The third kappa shape index (κ3) is 4.12. The highest BCUT2D eigenvalue weighted by molar-refractivity contribution is 7.99. The largest absolute Gasteiger partial charge is 0.454 e. The minimum Gasteiger partial charge on any atom is -0.454 e. The minimum absolute atomic E-state index is 0.147. The molecule has 0 unspecified atom stereocenters. The molecule has 10 heteroatoms. The second kappa shape index (κ2) is 8.40. The summed E-state index contributed by atoms with van der Waals surface area (Å²) in [7, 11) is 0. The van der Waals surface area contributed by atoms with Gasteiger partial charge in [0.15, 0.2) is 27.6 Å². The number of hydrogen-bond donors (Lipinski definition) is 1. The van der Waals surface area contributed by atoms with Crippen molar-refractivity contribution in [3.05, 3.63) is 59.6 Å². The molecule has 0 saturated carbocycles. The van der Waals surface area contributed by atoms with Gasteiger partial charge in [-0.05, 0) is 37.3 Å². The van der Waals surface area contributed by atoms with Gasteiger partial charge in [-0.3, -0.25) is 9.36 Å². The molecule has 31 heavy (non-hydrogen) atoms. The number of amides is 1. The van der Waals surface area contributed by atoms with Crippen molar-refractivity contribution in [3.8, 4) is 28.6 Å². The maximum absolute atomic E-state index is 12.4. The van der Waals surface area contributed by atoms with Gasteiger partial charge in [0.2, 0.25) is 12.7 Å². The number of anilines is 1. The zero-order valence-electron chi connectivity index (χ0n) is 16.4. The van der Waals surface area contributed by atoms with E-state index >= 15 is 0 Å². The Morgan fingerprint density at radius 3 is 2.81 bits per heavy atom. The van der Waals surface area contributed by atoms with Crippen molar-refractivity contribution in [2.75, 3.05) is 17.9 Å². The Balaban J connectivity index is 1.43. The lowest BCUT2D eigenvalue weighted by Gasteiger charge is -2.10. The third-order valence-electron chi connectivity index (χ3n) is 4.48. The van der Waals surface area contributed by atoms with E-state index in [1.54, 1.807) is 0 Å². The molecule has 1 aliphatic rings. The highest BCUT2D eigenvalue weighted by Gasteiger charge is 2.20. The van der Waals surface area contributed by atoms with Crippen LogP contribution < -0.4 is 14.8 Å². The van der Waals surface area contributed by atoms with Crippen molar-refractivity contribution < 1.29 is 14.3 Å². The molecule has 2 aromatic carbocycles. The van der Waals surface area contributed by atoms with Crippen LogP contribution in [0.15, 0.2) is 59.1 Å². The van der Waals surface area contributed by atoms with Crippen molar-refractivity contribution >= 4 is 34.1 Å². The van der Waals surface area contributed by atoms with E-state index in [2.05, 4.69) is 20.5 Å². The molecule has 0 saturated heterocycles. The average Bonchev–Trinajstić information content (AvgIpc) is 3.51. The third-order valence-corrected chi connectivity index (χ3v) is 6.28. The van der Waals surface area contributed by atoms with E-state index < -0.39 is 0 Å². The number of rotatable bonds is 6. The molecule has 0 bridgehead atoms. The molecular weight excluding hydrogens is 434 g/mol. The summed E-state index contributed by atoms with van der Waals surface area (Å²) in [5, 5.41) is 14.7. The van der Waals surface area contributed by atoms with E-state index in [0.29, 0.717) is 27.6 Å². The molecule has 0 aliphatic carbocycles. The SMILES string of the molecule is Cc1csc(NC(=O)CSc2nnc(-c3ccc4c(c3)OCO4)n2-c2ccccc2)n1. The predicted octanol–water partition coefficient (Wildman–Crippen LogP) is 4.16. The first-order valence-electron chi connectivity index (χ1n) is 9.43. The molecule has 4 aromatic rings. The number of carbonyl (C=O) groups is 1. The lowest BCUT2D eigenvalue weighted by molar-refractivity contribution is -0.113. The zero-order valence-corrected chi connectivity index (χ0v) is 18.1. The van der Waals surface area contributed by atoms with Gasteiger partial charge in [-0.1, -0.05) is 30.0 Å². The number of fused-ring (bicyclic) bond motifs is 1. The summed E-state index contributed by atoms with van der Waals surface area (Å²) in [4.78, 5) is 16.7.